The highest BCUT2D eigenvalue weighted by molar-refractivity contribution is 8.04. The summed E-state index contributed by atoms with van der Waals surface area (Å²) in [5.74, 6) is -0.0247. The molecule has 0 unspecified atom stereocenters. The van der Waals surface area contributed by atoms with Crippen LogP contribution < -0.4 is 0 Å². The Hall–Kier alpha value is -0.400. The van der Waals surface area contributed by atoms with E-state index in [2.05, 4.69) is 4.74 Å². The van der Waals surface area contributed by atoms with Crippen molar-refractivity contribution in [3.05, 3.63) is 0 Å². The van der Waals surface area contributed by atoms with E-state index in [4.69, 9.17) is 16.9 Å². The van der Waals surface area contributed by atoms with Crippen LogP contribution in [-0.2, 0) is 9.53 Å². The summed E-state index contributed by atoms with van der Waals surface area (Å²) in [4.78, 5) is 10.5. The standard InChI is InChI=1S/C5H6ClNO2S/c6-1-2-9-5(8)3-10-4-7/h1-3H2. The fraction of sp³-hybridized carbons (Fsp3) is 0.600. The number of nitrogens with zero attached hydrogens (tertiary/aromatic N) is 1. The van der Waals surface area contributed by atoms with Gasteiger partial charge < -0.3 is 4.74 Å². The number of halogens is 1. The number of thiocyanates is 1. The van der Waals surface area contributed by atoms with Crippen molar-refractivity contribution in [3.8, 4) is 5.40 Å². The summed E-state index contributed by atoms with van der Waals surface area (Å²) in [6, 6.07) is 0. The van der Waals surface area contributed by atoms with E-state index in [1.807, 2.05) is 0 Å². The number of carbonyl (C=O) groups is 1. The summed E-state index contributed by atoms with van der Waals surface area (Å²) >= 11 is 6.09. The highest BCUT2D eigenvalue weighted by Crippen LogP contribution is 1.96. The first-order valence-corrected chi connectivity index (χ1v) is 4.05. The highest BCUT2D eigenvalue weighted by atomic mass is 35.5. The van der Waals surface area contributed by atoms with E-state index in [1.165, 1.54) is 0 Å². The van der Waals surface area contributed by atoms with Gasteiger partial charge >= 0.3 is 5.97 Å². The van der Waals surface area contributed by atoms with Crippen molar-refractivity contribution in [3.63, 3.8) is 0 Å². The van der Waals surface area contributed by atoms with Crippen LogP contribution in [0.1, 0.15) is 0 Å². The van der Waals surface area contributed by atoms with Gasteiger partial charge in [-0.15, -0.1) is 11.6 Å². The third-order valence-electron chi connectivity index (χ3n) is 0.595. The number of thioether (sulfide) groups is 1. The summed E-state index contributed by atoms with van der Waals surface area (Å²) in [5.41, 5.74) is 0. The molecule has 0 N–H and O–H groups in total. The van der Waals surface area contributed by atoms with E-state index in [0.29, 0.717) is 5.88 Å². The van der Waals surface area contributed by atoms with Crippen molar-refractivity contribution < 1.29 is 9.53 Å². The average molecular weight is 180 g/mol. The SMILES string of the molecule is N#CSCC(=O)OCCCl. The van der Waals surface area contributed by atoms with Gasteiger partial charge in [-0.25, -0.2) is 0 Å². The molecule has 0 radical (unpaired) electrons. The third kappa shape index (κ3) is 5.73. The van der Waals surface area contributed by atoms with Crippen molar-refractivity contribution in [2.75, 3.05) is 18.2 Å². The van der Waals surface area contributed by atoms with Gasteiger partial charge in [0.15, 0.2) is 0 Å². The topological polar surface area (TPSA) is 50.1 Å². The number of hydrogen-bond acceptors (Lipinski definition) is 4. The minimum atomic E-state index is -0.396. The van der Waals surface area contributed by atoms with Crippen LogP contribution in [0.3, 0.4) is 0 Å². The van der Waals surface area contributed by atoms with Crippen molar-refractivity contribution >= 4 is 29.3 Å². The lowest BCUT2D eigenvalue weighted by molar-refractivity contribution is -0.139. The molecule has 0 spiro atoms. The molecule has 0 saturated carbocycles. The predicted octanol–water partition coefficient (Wildman–Crippen LogP) is 0.983. The van der Waals surface area contributed by atoms with Crippen LogP contribution in [0.15, 0.2) is 0 Å². The number of alkyl halides is 1. The Morgan fingerprint density at radius 2 is 2.50 bits per heavy atom. The molecule has 0 aliphatic heterocycles. The molecule has 0 rings (SSSR count). The molecule has 0 aliphatic carbocycles. The second kappa shape index (κ2) is 6.72. The zero-order chi connectivity index (χ0) is 7.82. The number of esters is 1. The fourth-order valence-corrected chi connectivity index (χ4v) is 0.628. The summed E-state index contributed by atoms with van der Waals surface area (Å²) in [6.45, 7) is 0.215. The van der Waals surface area contributed by atoms with Gasteiger partial charge in [0.2, 0.25) is 0 Å². The van der Waals surface area contributed by atoms with E-state index in [-0.39, 0.29) is 12.4 Å². The largest absolute Gasteiger partial charge is 0.464 e. The van der Waals surface area contributed by atoms with Gasteiger partial charge in [0.1, 0.15) is 17.8 Å². The highest BCUT2D eigenvalue weighted by Gasteiger charge is 2.00. The Labute approximate surface area is 68.3 Å². The van der Waals surface area contributed by atoms with Crippen LogP contribution in [0, 0.1) is 10.7 Å². The Morgan fingerprint density at radius 1 is 1.80 bits per heavy atom. The van der Waals surface area contributed by atoms with Crippen LogP contribution in [0.5, 0.6) is 0 Å². The van der Waals surface area contributed by atoms with Gasteiger partial charge in [-0.2, -0.15) is 5.26 Å². The number of ether oxygens (including phenoxy) is 1. The van der Waals surface area contributed by atoms with Crippen LogP contribution in [0.4, 0.5) is 0 Å². The lowest BCUT2D eigenvalue weighted by Gasteiger charge is -1.97. The van der Waals surface area contributed by atoms with Gasteiger partial charge in [-0.1, -0.05) is 0 Å². The Kier molecular flexibility index (Phi) is 6.45. The maximum Gasteiger partial charge on any atom is 0.317 e. The molecule has 0 aliphatic rings. The van der Waals surface area contributed by atoms with Crippen molar-refractivity contribution in [1.29, 1.82) is 5.26 Å². The van der Waals surface area contributed by atoms with Crippen LogP contribution in [0.25, 0.3) is 0 Å². The molecule has 0 aromatic carbocycles. The van der Waals surface area contributed by atoms with Crippen molar-refractivity contribution in [2.45, 2.75) is 0 Å². The van der Waals surface area contributed by atoms with E-state index in [0.717, 1.165) is 11.8 Å². The van der Waals surface area contributed by atoms with E-state index < -0.39 is 5.97 Å². The lowest BCUT2D eigenvalue weighted by Crippen LogP contribution is -2.08. The molecular formula is C5H6ClNO2S. The number of nitriles is 1. The maximum atomic E-state index is 10.5. The van der Waals surface area contributed by atoms with Crippen LogP contribution in [-0.4, -0.2) is 24.2 Å². The van der Waals surface area contributed by atoms with Gasteiger partial charge in [-0.05, 0) is 11.8 Å². The zero-order valence-electron chi connectivity index (χ0n) is 5.17. The molecule has 0 bridgehead atoms. The monoisotopic (exact) mass is 179 g/mol. The van der Waals surface area contributed by atoms with Gasteiger partial charge in [0, 0.05) is 0 Å². The van der Waals surface area contributed by atoms with E-state index >= 15 is 0 Å². The molecule has 0 aromatic heterocycles. The first-order chi connectivity index (χ1) is 4.81. The molecule has 0 atom stereocenters. The lowest BCUT2D eigenvalue weighted by atomic mass is 10.8. The Morgan fingerprint density at radius 3 is 3.00 bits per heavy atom. The van der Waals surface area contributed by atoms with Crippen LogP contribution in [0.2, 0.25) is 0 Å². The summed E-state index contributed by atoms with van der Waals surface area (Å²) in [5, 5.41) is 9.78. The molecule has 5 heteroatoms. The van der Waals surface area contributed by atoms with Gasteiger partial charge in [0.25, 0.3) is 0 Å². The van der Waals surface area contributed by atoms with Crippen molar-refractivity contribution in [1.82, 2.24) is 0 Å². The molecule has 0 aromatic rings. The second-order valence-corrected chi connectivity index (χ2v) is 2.43. The van der Waals surface area contributed by atoms with Crippen molar-refractivity contribution in [2.24, 2.45) is 0 Å². The smallest absolute Gasteiger partial charge is 0.317 e. The van der Waals surface area contributed by atoms with E-state index in [1.54, 1.807) is 5.40 Å². The molecule has 0 heterocycles. The average Bonchev–Trinajstić information content (AvgIpc) is 1.97. The molecule has 3 nitrogen and oxygen atoms in total. The Balaban J connectivity index is 3.19. The normalized spacial score (nSPS) is 8.40. The molecule has 0 fully saturated rings. The summed E-state index contributed by atoms with van der Waals surface area (Å²) in [6.07, 6.45) is 0. The molecule has 0 saturated heterocycles. The number of carbonyl (C=O) groups excluding carboxylic acids is 1. The first kappa shape index (κ1) is 9.60. The number of rotatable bonds is 4. The number of hydrogen-bond donors (Lipinski definition) is 0. The molecular weight excluding hydrogens is 174 g/mol. The summed E-state index contributed by atoms with van der Waals surface area (Å²) in [7, 11) is 0. The van der Waals surface area contributed by atoms with Gasteiger partial charge in [-0.3, -0.25) is 4.79 Å². The molecule has 10 heavy (non-hydrogen) atoms. The van der Waals surface area contributed by atoms with Gasteiger partial charge in [0.05, 0.1) is 5.88 Å². The molecule has 0 amide bonds. The molecule has 56 valence electrons. The summed E-state index contributed by atoms with van der Waals surface area (Å²) < 4.78 is 4.55. The fourth-order valence-electron chi connectivity index (χ4n) is 0.285. The third-order valence-corrected chi connectivity index (χ3v) is 1.26. The quantitative estimate of drug-likeness (QED) is 0.367. The predicted molar refractivity (Wildman–Crippen MR) is 39.8 cm³/mol. The first-order valence-electron chi connectivity index (χ1n) is 2.53. The second-order valence-electron chi connectivity index (χ2n) is 1.29. The van der Waals surface area contributed by atoms with E-state index in [9.17, 15) is 4.79 Å². The maximum absolute atomic E-state index is 10.5. The zero-order valence-corrected chi connectivity index (χ0v) is 6.74. The Bertz CT molecular complexity index is 145. The van der Waals surface area contributed by atoms with Crippen LogP contribution >= 0.6 is 23.4 Å². The minimum absolute atomic E-state index is 0.0768. The minimum Gasteiger partial charge on any atom is -0.464 e.